The Balaban J connectivity index is 2.58. The first-order valence-electron chi connectivity index (χ1n) is 5.54. The van der Waals surface area contributed by atoms with Gasteiger partial charge in [-0.3, -0.25) is 9.63 Å². The van der Waals surface area contributed by atoms with Crippen molar-refractivity contribution < 1.29 is 9.90 Å². The molecule has 1 amide bonds. The fraction of sp³-hybridized carbons (Fsp3) is 0.0714. The number of rotatable bonds is 3. The quantitative estimate of drug-likeness (QED) is 0.856. The molecule has 2 aromatic rings. The van der Waals surface area contributed by atoms with Crippen LogP contribution in [0.2, 0.25) is 5.02 Å². The van der Waals surface area contributed by atoms with E-state index < -0.39 is 11.5 Å². The van der Waals surface area contributed by atoms with Gasteiger partial charge in [0.15, 0.2) is 5.60 Å². The molecule has 0 spiro atoms. The Morgan fingerprint density at radius 3 is 2.05 bits per heavy atom. The van der Waals surface area contributed by atoms with Gasteiger partial charge in [-0.25, -0.2) is 0 Å². The lowest BCUT2D eigenvalue weighted by Gasteiger charge is -2.26. The van der Waals surface area contributed by atoms with Crippen LogP contribution >= 0.6 is 23.4 Å². The van der Waals surface area contributed by atoms with Crippen molar-refractivity contribution in [3.63, 3.8) is 0 Å². The van der Waals surface area contributed by atoms with Gasteiger partial charge >= 0.3 is 0 Å². The van der Waals surface area contributed by atoms with Gasteiger partial charge in [-0.2, -0.15) is 0 Å². The number of hydrogen-bond acceptors (Lipinski definition) is 2. The summed E-state index contributed by atoms with van der Waals surface area (Å²) in [6.07, 6.45) is 0. The summed E-state index contributed by atoms with van der Waals surface area (Å²) in [5.74, 6) is -0.720. The minimum absolute atomic E-state index is 0.390. The molecule has 0 fully saturated rings. The van der Waals surface area contributed by atoms with Crippen LogP contribution in [0, 0.1) is 0 Å². The molecule has 0 heterocycles. The van der Waals surface area contributed by atoms with Crippen LogP contribution in [0.5, 0.6) is 0 Å². The fourth-order valence-corrected chi connectivity index (χ4v) is 2.13. The van der Waals surface area contributed by atoms with Crippen molar-refractivity contribution in [1.82, 2.24) is 4.84 Å². The Labute approximate surface area is 120 Å². The number of benzene rings is 2. The van der Waals surface area contributed by atoms with E-state index in [0.717, 1.165) is 0 Å². The highest BCUT2D eigenvalue weighted by atomic mass is 35.5. The Morgan fingerprint density at radius 2 is 1.53 bits per heavy atom. The van der Waals surface area contributed by atoms with Crippen LogP contribution in [0.15, 0.2) is 54.6 Å². The van der Waals surface area contributed by atoms with Gasteiger partial charge in [-0.1, -0.05) is 54.1 Å². The number of halogens is 2. The highest BCUT2D eigenvalue weighted by Gasteiger charge is 2.39. The van der Waals surface area contributed by atoms with Crippen molar-refractivity contribution in [2.75, 3.05) is 0 Å². The minimum Gasteiger partial charge on any atom is -0.372 e. The standard InChI is InChI=1S/C14H11Cl2NO2/c15-12-8-6-11(7-9-12)14(19,13(18)17-16)10-4-2-1-3-5-10/h1-9,19H,(H,17,18). The molecule has 19 heavy (non-hydrogen) atoms. The fourth-order valence-electron chi connectivity index (χ4n) is 1.87. The summed E-state index contributed by atoms with van der Waals surface area (Å²) in [6, 6.07) is 14.9. The molecule has 0 bridgehead atoms. The van der Waals surface area contributed by atoms with E-state index in [4.69, 9.17) is 23.4 Å². The van der Waals surface area contributed by atoms with Crippen LogP contribution in [0.3, 0.4) is 0 Å². The topological polar surface area (TPSA) is 49.3 Å². The Bertz CT molecular complexity index is 572. The van der Waals surface area contributed by atoms with E-state index in [-0.39, 0.29) is 0 Å². The minimum atomic E-state index is -1.85. The molecule has 2 aromatic carbocycles. The third kappa shape index (κ3) is 2.59. The van der Waals surface area contributed by atoms with Crippen molar-refractivity contribution in [3.05, 3.63) is 70.7 Å². The van der Waals surface area contributed by atoms with Crippen LogP contribution in [-0.2, 0) is 10.4 Å². The average molecular weight is 296 g/mol. The largest absolute Gasteiger partial charge is 0.372 e. The zero-order valence-corrected chi connectivity index (χ0v) is 11.3. The molecule has 0 aliphatic heterocycles. The molecule has 98 valence electrons. The van der Waals surface area contributed by atoms with Gasteiger partial charge in [-0.05, 0) is 23.3 Å². The second kappa shape index (κ2) is 5.61. The van der Waals surface area contributed by atoms with Crippen molar-refractivity contribution in [2.24, 2.45) is 0 Å². The monoisotopic (exact) mass is 295 g/mol. The maximum absolute atomic E-state index is 12.0. The number of hydrogen-bond donors (Lipinski definition) is 2. The van der Waals surface area contributed by atoms with Gasteiger partial charge in [0.25, 0.3) is 5.91 Å². The van der Waals surface area contributed by atoms with E-state index >= 15 is 0 Å². The van der Waals surface area contributed by atoms with Crippen molar-refractivity contribution >= 4 is 29.3 Å². The van der Waals surface area contributed by atoms with Gasteiger partial charge in [0.1, 0.15) is 0 Å². The number of aliphatic hydroxyl groups is 1. The normalized spacial score (nSPS) is 13.6. The van der Waals surface area contributed by atoms with Crippen LogP contribution < -0.4 is 4.84 Å². The molecule has 5 heteroatoms. The summed E-state index contributed by atoms with van der Waals surface area (Å²) in [4.78, 5) is 14.0. The summed E-state index contributed by atoms with van der Waals surface area (Å²) in [6.45, 7) is 0. The van der Waals surface area contributed by atoms with Crippen LogP contribution in [0.1, 0.15) is 11.1 Å². The molecule has 0 saturated heterocycles. The predicted molar refractivity (Wildman–Crippen MR) is 74.9 cm³/mol. The molecular formula is C14H11Cl2NO2. The van der Waals surface area contributed by atoms with Gasteiger partial charge in [0, 0.05) is 16.8 Å². The van der Waals surface area contributed by atoms with Gasteiger partial charge in [-0.15, -0.1) is 0 Å². The van der Waals surface area contributed by atoms with Crippen molar-refractivity contribution in [3.8, 4) is 0 Å². The Hall–Kier alpha value is -1.55. The zero-order valence-electron chi connectivity index (χ0n) is 9.81. The van der Waals surface area contributed by atoms with E-state index in [0.29, 0.717) is 16.1 Å². The first-order chi connectivity index (χ1) is 9.09. The number of nitrogens with one attached hydrogen (secondary N) is 1. The van der Waals surface area contributed by atoms with Crippen molar-refractivity contribution in [2.45, 2.75) is 5.60 Å². The summed E-state index contributed by atoms with van der Waals surface area (Å²) in [5.41, 5.74) is -1.04. The van der Waals surface area contributed by atoms with Gasteiger partial charge in [0.2, 0.25) is 0 Å². The predicted octanol–water partition coefficient (Wildman–Crippen LogP) is 2.85. The Kier molecular flexibility index (Phi) is 4.10. The van der Waals surface area contributed by atoms with E-state index in [1.165, 1.54) is 0 Å². The molecule has 0 aromatic heterocycles. The van der Waals surface area contributed by atoms with E-state index in [2.05, 4.69) is 0 Å². The third-order valence-corrected chi connectivity index (χ3v) is 3.29. The van der Waals surface area contributed by atoms with Crippen molar-refractivity contribution in [1.29, 1.82) is 0 Å². The Morgan fingerprint density at radius 1 is 1.00 bits per heavy atom. The van der Waals surface area contributed by atoms with Crippen LogP contribution in [0.25, 0.3) is 0 Å². The lowest BCUT2D eigenvalue weighted by molar-refractivity contribution is -0.134. The van der Waals surface area contributed by atoms with Gasteiger partial charge < -0.3 is 5.11 Å². The van der Waals surface area contributed by atoms with Crippen LogP contribution in [0.4, 0.5) is 0 Å². The third-order valence-electron chi connectivity index (χ3n) is 2.87. The molecule has 1 atom stereocenters. The summed E-state index contributed by atoms with van der Waals surface area (Å²) >= 11 is 11.2. The van der Waals surface area contributed by atoms with E-state index in [9.17, 15) is 9.90 Å². The highest BCUT2D eigenvalue weighted by Crippen LogP contribution is 2.30. The SMILES string of the molecule is O=C(NCl)C(O)(c1ccccc1)c1ccc(Cl)cc1. The molecule has 0 saturated carbocycles. The molecular weight excluding hydrogens is 285 g/mol. The summed E-state index contributed by atoms with van der Waals surface area (Å²) < 4.78 is 0. The maximum Gasteiger partial charge on any atom is 0.275 e. The number of carbonyl (C=O) groups excluding carboxylic acids is 1. The first-order valence-corrected chi connectivity index (χ1v) is 6.29. The second-order valence-electron chi connectivity index (χ2n) is 4.01. The molecule has 1 unspecified atom stereocenters. The lowest BCUT2D eigenvalue weighted by Crippen LogP contribution is -2.42. The zero-order chi connectivity index (χ0) is 13.9. The molecule has 2 N–H and O–H groups in total. The van der Waals surface area contributed by atoms with Crippen LogP contribution in [-0.4, -0.2) is 11.0 Å². The van der Waals surface area contributed by atoms with Gasteiger partial charge in [0.05, 0.1) is 0 Å². The number of carbonyl (C=O) groups is 1. The van der Waals surface area contributed by atoms with E-state index in [1.807, 2.05) is 4.84 Å². The lowest BCUT2D eigenvalue weighted by atomic mass is 9.86. The molecule has 0 radical (unpaired) electrons. The smallest absolute Gasteiger partial charge is 0.275 e. The number of amides is 1. The molecule has 0 aliphatic rings. The second-order valence-corrected chi connectivity index (χ2v) is 4.63. The molecule has 3 nitrogen and oxygen atoms in total. The first kappa shape index (κ1) is 13.9. The highest BCUT2D eigenvalue weighted by molar-refractivity contribution is 6.30. The average Bonchev–Trinajstić information content (AvgIpc) is 2.47. The van der Waals surface area contributed by atoms with E-state index in [1.54, 1.807) is 54.6 Å². The summed E-state index contributed by atoms with van der Waals surface area (Å²) in [7, 11) is 0. The summed E-state index contributed by atoms with van der Waals surface area (Å²) in [5, 5.41) is 11.3. The molecule has 0 aliphatic carbocycles. The molecule has 2 rings (SSSR count). The maximum atomic E-state index is 12.0.